The molecule has 24 heavy (non-hydrogen) atoms. The first-order chi connectivity index (χ1) is 11.8. The Hall–Kier alpha value is -1.85. The molecule has 0 radical (unpaired) electrons. The van der Waals surface area contributed by atoms with Crippen LogP contribution in [0.25, 0.3) is 0 Å². The Balaban J connectivity index is 1.90. The summed E-state index contributed by atoms with van der Waals surface area (Å²) >= 11 is 5.79. The van der Waals surface area contributed by atoms with Gasteiger partial charge >= 0.3 is 0 Å². The van der Waals surface area contributed by atoms with Gasteiger partial charge in [0.05, 0.1) is 10.4 Å². The normalized spacial score (nSPS) is 23.6. The van der Waals surface area contributed by atoms with Crippen LogP contribution >= 0.6 is 12.2 Å². The molecular formula is C19H24N4S. The van der Waals surface area contributed by atoms with Crippen molar-refractivity contribution in [3.05, 3.63) is 60.2 Å². The molecule has 0 bridgehead atoms. The van der Waals surface area contributed by atoms with Gasteiger partial charge in [0, 0.05) is 44.4 Å². The number of hydrogen-bond acceptors (Lipinski definition) is 4. The van der Waals surface area contributed by atoms with Gasteiger partial charge in [0.15, 0.2) is 0 Å². The molecule has 0 aliphatic heterocycles. The Morgan fingerprint density at radius 2 is 2.00 bits per heavy atom. The highest BCUT2D eigenvalue weighted by Gasteiger charge is 2.45. The molecule has 2 aromatic heterocycles. The van der Waals surface area contributed by atoms with Crippen molar-refractivity contribution in [3.8, 4) is 0 Å². The lowest BCUT2D eigenvalue weighted by Gasteiger charge is -2.45. The van der Waals surface area contributed by atoms with E-state index in [1.165, 1.54) is 24.0 Å². The van der Waals surface area contributed by atoms with E-state index in [0.29, 0.717) is 0 Å². The van der Waals surface area contributed by atoms with Crippen LogP contribution in [0.15, 0.2) is 49.1 Å². The molecular weight excluding hydrogens is 316 g/mol. The van der Waals surface area contributed by atoms with Gasteiger partial charge in [-0.15, -0.1) is 0 Å². The number of nitrogens with zero attached hydrogens (tertiary/aromatic N) is 2. The first-order valence-electron chi connectivity index (χ1n) is 8.52. The van der Waals surface area contributed by atoms with Crippen molar-refractivity contribution in [2.75, 3.05) is 7.05 Å². The molecule has 0 aromatic carbocycles. The van der Waals surface area contributed by atoms with E-state index >= 15 is 0 Å². The van der Waals surface area contributed by atoms with Gasteiger partial charge in [0.2, 0.25) is 0 Å². The van der Waals surface area contributed by atoms with E-state index in [-0.39, 0.29) is 11.5 Å². The Kier molecular flexibility index (Phi) is 5.53. The quantitative estimate of drug-likeness (QED) is 0.820. The SMILES string of the molecule is CNC(=S)[C@@]1(c2cccnc2)CCCC[C@@H]1NCc1cccnc1. The molecule has 1 aliphatic rings. The Morgan fingerprint density at radius 1 is 1.21 bits per heavy atom. The smallest absolute Gasteiger partial charge is 0.0874 e. The molecule has 2 aromatic rings. The van der Waals surface area contributed by atoms with Crippen molar-refractivity contribution < 1.29 is 0 Å². The average molecular weight is 340 g/mol. The summed E-state index contributed by atoms with van der Waals surface area (Å²) in [5.41, 5.74) is 2.20. The summed E-state index contributed by atoms with van der Waals surface area (Å²) in [7, 11) is 1.92. The van der Waals surface area contributed by atoms with Crippen LogP contribution in [-0.4, -0.2) is 28.0 Å². The van der Waals surface area contributed by atoms with Crippen LogP contribution in [0, 0.1) is 0 Å². The van der Waals surface area contributed by atoms with Gasteiger partial charge in [-0.25, -0.2) is 0 Å². The molecule has 126 valence electrons. The molecule has 0 saturated heterocycles. The van der Waals surface area contributed by atoms with Gasteiger partial charge in [-0.3, -0.25) is 9.97 Å². The first kappa shape index (κ1) is 17.0. The van der Waals surface area contributed by atoms with Crippen molar-refractivity contribution in [2.24, 2.45) is 0 Å². The molecule has 0 unspecified atom stereocenters. The Morgan fingerprint density at radius 3 is 2.67 bits per heavy atom. The van der Waals surface area contributed by atoms with Crippen molar-refractivity contribution >= 4 is 17.2 Å². The predicted molar refractivity (Wildman–Crippen MR) is 101 cm³/mol. The molecule has 3 rings (SSSR count). The van der Waals surface area contributed by atoms with Crippen molar-refractivity contribution in [3.63, 3.8) is 0 Å². The minimum atomic E-state index is -0.196. The zero-order valence-corrected chi connectivity index (χ0v) is 14.9. The molecule has 2 N–H and O–H groups in total. The first-order valence-corrected chi connectivity index (χ1v) is 8.93. The second kappa shape index (κ2) is 7.81. The van der Waals surface area contributed by atoms with Crippen LogP contribution in [0.2, 0.25) is 0 Å². The number of pyridine rings is 2. The monoisotopic (exact) mass is 340 g/mol. The van der Waals surface area contributed by atoms with Crippen LogP contribution in [-0.2, 0) is 12.0 Å². The van der Waals surface area contributed by atoms with E-state index in [0.717, 1.165) is 24.4 Å². The third-order valence-corrected chi connectivity index (χ3v) is 5.56. The van der Waals surface area contributed by atoms with E-state index in [2.05, 4.69) is 32.7 Å². The highest BCUT2D eigenvalue weighted by molar-refractivity contribution is 7.80. The maximum absolute atomic E-state index is 5.79. The minimum Gasteiger partial charge on any atom is -0.382 e. The van der Waals surface area contributed by atoms with Gasteiger partial charge in [-0.2, -0.15) is 0 Å². The number of nitrogens with one attached hydrogen (secondary N) is 2. The predicted octanol–water partition coefficient (Wildman–Crippen LogP) is 2.99. The van der Waals surface area contributed by atoms with Crippen LogP contribution in [0.1, 0.15) is 36.8 Å². The van der Waals surface area contributed by atoms with Crippen molar-refractivity contribution in [1.29, 1.82) is 0 Å². The summed E-state index contributed by atoms with van der Waals surface area (Å²) in [6.07, 6.45) is 12.1. The van der Waals surface area contributed by atoms with Gasteiger partial charge < -0.3 is 10.6 Å². The third-order valence-electron chi connectivity index (χ3n) is 4.99. The highest BCUT2D eigenvalue weighted by Crippen LogP contribution is 2.40. The number of hydrogen-bond donors (Lipinski definition) is 2. The topological polar surface area (TPSA) is 49.8 Å². The molecule has 1 aliphatic carbocycles. The summed E-state index contributed by atoms with van der Waals surface area (Å²) in [5, 5.41) is 7.00. The standard InChI is InChI=1S/C19H24N4S/c1-20-18(24)19(16-7-5-11-22-14-16)9-3-2-8-17(19)23-13-15-6-4-10-21-12-15/h4-7,10-12,14,17,23H,2-3,8-9,13H2,1H3,(H,20,24)/t17-,19+/m0/s1. The second-order valence-corrected chi connectivity index (χ2v) is 6.74. The molecule has 2 atom stereocenters. The molecule has 5 heteroatoms. The lowest BCUT2D eigenvalue weighted by molar-refractivity contribution is 0.274. The zero-order chi connectivity index (χ0) is 16.8. The van der Waals surface area contributed by atoms with E-state index in [1.807, 2.05) is 37.8 Å². The van der Waals surface area contributed by atoms with Crippen LogP contribution < -0.4 is 10.6 Å². The Labute approximate surface area is 149 Å². The minimum absolute atomic E-state index is 0.196. The summed E-state index contributed by atoms with van der Waals surface area (Å²) in [6, 6.07) is 8.52. The van der Waals surface area contributed by atoms with Crippen molar-refractivity contribution in [1.82, 2.24) is 20.6 Å². The maximum atomic E-state index is 5.79. The summed E-state index contributed by atoms with van der Waals surface area (Å²) in [6.45, 7) is 0.798. The number of thiocarbonyl (C=S) groups is 1. The highest BCUT2D eigenvalue weighted by atomic mass is 32.1. The number of likely N-dealkylation sites (N-methyl/N-ethyl adjacent to an activating group) is 1. The van der Waals surface area contributed by atoms with Crippen molar-refractivity contribution in [2.45, 2.75) is 43.7 Å². The lowest BCUT2D eigenvalue weighted by Crippen LogP contribution is -2.57. The van der Waals surface area contributed by atoms with E-state index in [9.17, 15) is 0 Å². The average Bonchev–Trinajstić information content (AvgIpc) is 2.67. The molecule has 0 amide bonds. The molecule has 1 fully saturated rings. The zero-order valence-electron chi connectivity index (χ0n) is 14.0. The second-order valence-electron chi connectivity index (χ2n) is 6.33. The van der Waals surface area contributed by atoms with Gasteiger partial charge in [0.25, 0.3) is 0 Å². The molecule has 0 spiro atoms. The molecule has 2 heterocycles. The summed E-state index contributed by atoms with van der Waals surface area (Å²) in [4.78, 5) is 9.46. The number of rotatable bonds is 5. The Bertz CT molecular complexity index is 662. The van der Waals surface area contributed by atoms with Crippen LogP contribution in [0.3, 0.4) is 0 Å². The molecule has 4 nitrogen and oxygen atoms in total. The van der Waals surface area contributed by atoms with E-state index in [4.69, 9.17) is 12.2 Å². The largest absolute Gasteiger partial charge is 0.382 e. The van der Waals surface area contributed by atoms with E-state index < -0.39 is 0 Å². The van der Waals surface area contributed by atoms with Gasteiger partial charge in [0.1, 0.15) is 0 Å². The lowest BCUT2D eigenvalue weighted by atomic mass is 9.66. The van der Waals surface area contributed by atoms with E-state index in [1.54, 1.807) is 6.20 Å². The third kappa shape index (κ3) is 3.32. The van der Waals surface area contributed by atoms with Gasteiger partial charge in [-0.1, -0.05) is 37.2 Å². The van der Waals surface area contributed by atoms with Crippen LogP contribution in [0.5, 0.6) is 0 Å². The summed E-state index contributed by atoms with van der Waals surface area (Å²) < 4.78 is 0. The maximum Gasteiger partial charge on any atom is 0.0874 e. The fourth-order valence-electron chi connectivity index (χ4n) is 3.79. The molecule has 1 saturated carbocycles. The fraction of sp³-hybridized carbons (Fsp3) is 0.421. The summed E-state index contributed by atoms with van der Waals surface area (Å²) in [5.74, 6) is 0. The van der Waals surface area contributed by atoms with Crippen LogP contribution in [0.4, 0.5) is 0 Å². The number of aromatic nitrogens is 2. The van der Waals surface area contributed by atoms with Gasteiger partial charge in [-0.05, 0) is 36.1 Å². The fourth-order valence-corrected chi connectivity index (χ4v) is 4.15.